The van der Waals surface area contributed by atoms with Crippen LogP contribution < -0.4 is 5.73 Å². The highest BCUT2D eigenvalue weighted by Gasteiger charge is 2.11. The quantitative estimate of drug-likeness (QED) is 0.930. The highest BCUT2D eigenvalue weighted by atomic mass is 19.2. The molecule has 4 heteroatoms. The van der Waals surface area contributed by atoms with E-state index in [2.05, 4.69) is 4.90 Å². The summed E-state index contributed by atoms with van der Waals surface area (Å²) in [6.45, 7) is 0.848. The van der Waals surface area contributed by atoms with Crippen LogP contribution in [0.3, 0.4) is 0 Å². The van der Waals surface area contributed by atoms with Crippen molar-refractivity contribution in [3.05, 3.63) is 70.8 Å². The lowest BCUT2D eigenvalue weighted by molar-refractivity contribution is 0.402. The summed E-state index contributed by atoms with van der Waals surface area (Å²) in [7, 11) is 4.00. The Morgan fingerprint density at radius 3 is 2.10 bits per heavy atom. The van der Waals surface area contributed by atoms with Crippen LogP contribution in [-0.4, -0.2) is 19.0 Å². The van der Waals surface area contributed by atoms with Crippen molar-refractivity contribution in [2.24, 2.45) is 5.73 Å². The number of rotatable bonds is 4. The van der Waals surface area contributed by atoms with Crippen LogP contribution in [0.2, 0.25) is 0 Å². The molecule has 0 aliphatic rings. The number of hydrogen-bond acceptors (Lipinski definition) is 2. The number of benzene rings is 2. The molecule has 0 radical (unpaired) electrons. The molecule has 0 heterocycles. The molecule has 0 spiro atoms. The van der Waals surface area contributed by atoms with Crippen LogP contribution in [0.5, 0.6) is 0 Å². The first-order chi connectivity index (χ1) is 9.47. The monoisotopic (exact) mass is 276 g/mol. The van der Waals surface area contributed by atoms with Crippen LogP contribution in [0.25, 0.3) is 0 Å². The minimum absolute atomic E-state index is 0.460. The lowest BCUT2D eigenvalue weighted by atomic mass is 9.98. The minimum atomic E-state index is -0.873. The van der Waals surface area contributed by atoms with Crippen molar-refractivity contribution in [3.63, 3.8) is 0 Å². The summed E-state index contributed by atoms with van der Waals surface area (Å²) < 4.78 is 26.1. The van der Waals surface area contributed by atoms with Gasteiger partial charge in [0, 0.05) is 6.54 Å². The van der Waals surface area contributed by atoms with Gasteiger partial charge in [0.15, 0.2) is 11.6 Å². The molecule has 0 fully saturated rings. The fourth-order valence-electron chi connectivity index (χ4n) is 2.09. The summed E-state index contributed by atoms with van der Waals surface area (Å²) in [5.41, 5.74) is 8.70. The van der Waals surface area contributed by atoms with Gasteiger partial charge in [0.05, 0.1) is 6.04 Å². The fraction of sp³-hybridized carbons (Fsp3) is 0.250. The topological polar surface area (TPSA) is 29.3 Å². The Morgan fingerprint density at radius 2 is 1.55 bits per heavy atom. The van der Waals surface area contributed by atoms with Gasteiger partial charge in [-0.05, 0) is 42.9 Å². The van der Waals surface area contributed by atoms with Crippen molar-refractivity contribution in [2.45, 2.75) is 12.6 Å². The van der Waals surface area contributed by atoms with Crippen LogP contribution in [0.4, 0.5) is 8.78 Å². The normalized spacial score (nSPS) is 12.7. The van der Waals surface area contributed by atoms with E-state index in [4.69, 9.17) is 5.73 Å². The summed E-state index contributed by atoms with van der Waals surface area (Å²) in [6.07, 6.45) is 0. The van der Waals surface area contributed by atoms with Crippen molar-refractivity contribution in [1.29, 1.82) is 0 Å². The predicted molar refractivity (Wildman–Crippen MR) is 76.2 cm³/mol. The lowest BCUT2D eigenvalue weighted by Gasteiger charge is -2.14. The van der Waals surface area contributed by atoms with Gasteiger partial charge in [0.2, 0.25) is 0 Å². The van der Waals surface area contributed by atoms with E-state index in [0.717, 1.165) is 24.2 Å². The molecule has 106 valence electrons. The third-order valence-electron chi connectivity index (χ3n) is 3.14. The summed E-state index contributed by atoms with van der Waals surface area (Å²) in [6, 6.07) is 11.1. The minimum Gasteiger partial charge on any atom is -0.320 e. The largest absolute Gasteiger partial charge is 0.320 e. The fourth-order valence-corrected chi connectivity index (χ4v) is 2.09. The molecule has 0 aliphatic heterocycles. The first-order valence-electron chi connectivity index (χ1n) is 6.41. The summed E-state index contributed by atoms with van der Waals surface area (Å²) in [5, 5.41) is 0. The predicted octanol–water partition coefficient (Wildman–Crippen LogP) is 3.07. The first-order valence-corrected chi connectivity index (χ1v) is 6.41. The van der Waals surface area contributed by atoms with Gasteiger partial charge in [0.1, 0.15) is 0 Å². The highest BCUT2D eigenvalue weighted by Crippen LogP contribution is 2.22. The van der Waals surface area contributed by atoms with E-state index in [0.29, 0.717) is 5.56 Å². The molecule has 0 aromatic heterocycles. The maximum absolute atomic E-state index is 13.2. The zero-order valence-corrected chi connectivity index (χ0v) is 11.6. The summed E-state index contributed by atoms with van der Waals surface area (Å²) in [4.78, 5) is 2.07. The second-order valence-electron chi connectivity index (χ2n) is 5.13. The molecular formula is C16H18F2N2. The molecule has 2 rings (SSSR count). The molecule has 2 aromatic carbocycles. The molecule has 0 amide bonds. The average Bonchev–Trinajstić information content (AvgIpc) is 2.41. The summed E-state index contributed by atoms with van der Waals surface area (Å²) >= 11 is 0. The zero-order chi connectivity index (χ0) is 14.7. The van der Waals surface area contributed by atoms with E-state index >= 15 is 0 Å². The molecule has 1 unspecified atom stereocenters. The number of nitrogens with two attached hydrogens (primary N) is 1. The molecule has 2 nitrogen and oxygen atoms in total. The Labute approximate surface area is 117 Å². The highest BCUT2D eigenvalue weighted by molar-refractivity contribution is 5.33. The Balaban J connectivity index is 2.20. The van der Waals surface area contributed by atoms with Gasteiger partial charge < -0.3 is 10.6 Å². The van der Waals surface area contributed by atoms with E-state index < -0.39 is 17.7 Å². The molecule has 1 atom stereocenters. The van der Waals surface area contributed by atoms with Crippen LogP contribution in [0, 0.1) is 11.6 Å². The van der Waals surface area contributed by atoms with E-state index in [1.807, 2.05) is 38.4 Å². The first kappa shape index (κ1) is 14.6. The van der Waals surface area contributed by atoms with Crippen LogP contribution in [0.1, 0.15) is 22.7 Å². The van der Waals surface area contributed by atoms with E-state index in [9.17, 15) is 8.78 Å². The number of hydrogen-bond donors (Lipinski definition) is 1. The SMILES string of the molecule is CN(C)Cc1ccc(C(N)c2ccc(F)c(F)c2)cc1. The van der Waals surface area contributed by atoms with Crippen molar-refractivity contribution in [2.75, 3.05) is 14.1 Å². The lowest BCUT2D eigenvalue weighted by Crippen LogP contribution is -2.13. The van der Waals surface area contributed by atoms with Crippen LogP contribution >= 0.6 is 0 Å². The number of halogens is 2. The summed E-state index contributed by atoms with van der Waals surface area (Å²) in [5.74, 6) is -1.73. The Morgan fingerprint density at radius 1 is 0.950 bits per heavy atom. The Bertz CT molecular complexity index is 580. The van der Waals surface area contributed by atoms with Gasteiger partial charge in [-0.1, -0.05) is 30.3 Å². The van der Waals surface area contributed by atoms with E-state index in [1.54, 1.807) is 0 Å². The van der Waals surface area contributed by atoms with Crippen molar-refractivity contribution in [3.8, 4) is 0 Å². The third-order valence-corrected chi connectivity index (χ3v) is 3.14. The molecule has 20 heavy (non-hydrogen) atoms. The molecule has 0 aliphatic carbocycles. The van der Waals surface area contributed by atoms with E-state index in [-0.39, 0.29) is 0 Å². The standard InChI is InChI=1S/C16H18F2N2/c1-20(2)10-11-3-5-12(6-4-11)16(19)13-7-8-14(17)15(18)9-13/h3-9,16H,10,19H2,1-2H3. The second-order valence-corrected chi connectivity index (χ2v) is 5.13. The average molecular weight is 276 g/mol. The zero-order valence-electron chi connectivity index (χ0n) is 11.6. The van der Waals surface area contributed by atoms with Gasteiger partial charge in [-0.25, -0.2) is 8.78 Å². The smallest absolute Gasteiger partial charge is 0.159 e. The van der Waals surface area contributed by atoms with Crippen molar-refractivity contribution >= 4 is 0 Å². The van der Waals surface area contributed by atoms with Crippen molar-refractivity contribution < 1.29 is 8.78 Å². The maximum atomic E-state index is 13.2. The van der Waals surface area contributed by atoms with Gasteiger partial charge in [-0.3, -0.25) is 0 Å². The van der Waals surface area contributed by atoms with Crippen molar-refractivity contribution in [1.82, 2.24) is 4.90 Å². The molecule has 0 saturated heterocycles. The molecular weight excluding hydrogens is 258 g/mol. The van der Waals surface area contributed by atoms with Gasteiger partial charge >= 0.3 is 0 Å². The Hall–Kier alpha value is -1.78. The number of nitrogens with zero attached hydrogens (tertiary/aromatic N) is 1. The molecule has 2 N–H and O–H groups in total. The molecule has 0 saturated carbocycles. The second kappa shape index (κ2) is 6.11. The molecule has 0 bridgehead atoms. The Kier molecular flexibility index (Phi) is 4.47. The van der Waals surface area contributed by atoms with Gasteiger partial charge in [-0.2, -0.15) is 0 Å². The van der Waals surface area contributed by atoms with Gasteiger partial charge in [-0.15, -0.1) is 0 Å². The van der Waals surface area contributed by atoms with Crippen LogP contribution in [-0.2, 0) is 6.54 Å². The molecule has 2 aromatic rings. The van der Waals surface area contributed by atoms with Gasteiger partial charge in [0.25, 0.3) is 0 Å². The van der Waals surface area contributed by atoms with E-state index in [1.165, 1.54) is 11.6 Å². The maximum Gasteiger partial charge on any atom is 0.159 e. The third kappa shape index (κ3) is 3.40. The van der Waals surface area contributed by atoms with Crippen LogP contribution in [0.15, 0.2) is 42.5 Å².